The Morgan fingerprint density at radius 3 is 2.80 bits per heavy atom. The summed E-state index contributed by atoms with van der Waals surface area (Å²) in [6.07, 6.45) is 0. The molecule has 0 unspecified atom stereocenters. The Morgan fingerprint density at radius 1 is 1.40 bits per heavy atom. The van der Waals surface area contributed by atoms with Gasteiger partial charge in [-0.3, -0.25) is 0 Å². The molecule has 0 saturated heterocycles. The Balaban J connectivity index is 2.77. The molecule has 0 amide bonds. The summed E-state index contributed by atoms with van der Waals surface area (Å²) in [6.45, 7) is 5.88. The van der Waals surface area contributed by atoms with Crippen molar-refractivity contribution >= 4 is 21.6 Å². The van der Waals surface area contributed by atoms with E-state index in [1.165, 1.54) is 0 Å². The van der Waals surface area contributed by atoms with Gasteiger partial charge in [0.15, 0.2) is 0 Å². The third-order valence-electron chi connectivity index (χ3n) is 2.47. The number of rotatable bonds is 1. The molecule has 1 aromatic carbocycles. The van der Waals surface area contributed by atoms with Crippen molar-refractivity contribution in [2.24, 2.45) is 0 Å². The molecule has 0 aliphatic rings. The van der Waals surface area contributed by atoms with Gasteiger partial charge in [0.2, 0.25) is 0 Å². The number of hydrogen-bond donors (Lipinski definition) is 0. The number of aryl methyl sites for hydroxylation is 1. The van der Waals surface area contributed by atoms with Gasteiger partial charge in [0.05, 0.1) is 26.7 Å². The van der Waals surface area contributed by atoms with E-state index in [1.807, 2.05) is 39.0 Å². The van der Waals surface area contributed by atoms with Crippen LogP contribution in [0.4, 0.5) is 0 Å². The minimum atomic E-state index is -0.446. The van der Waals surface area contributed by atoms with Crippen LogP contribution in [0.3, 0.4) is 0 Å². The van der Waals surface area contributed by atoms with Gasteiger partial charge >= 0.3 is 0 Å². The molecule has 1 heterocycles. The number of thiazole rings is 1. The maximum absolute atomic E-state index is 9.15. The molecule has 0 spiro atoms. The topological polar surface area (TPSA) is 36.7 Å². The summed E-state index contributed by atoms with van der Waals surface area (Å²) in [5.74, 6) is 0. The zero-order valence-corrected chi connectivity index (χ0v) is 9.85. The third kappa shape index (κ3) is 1.62. The number of benzene rings is 1. The Labute approximate surface area is 93.2 Å². The normalized spacial score (nSPS) is 11.6. The Bertz CT molecular complexity index is 546. The van der Waals surface area contributed by atoms with E-state index in [2.05, 4.69) is 11.1 Å². The van der Waals surface area contributed by atoms with Crippen molar-refractivity contribution in [3.05, 3.63) is 28.8 Å². The van der Waals surface area contributed by atoms with E-state index in [-0.39, 0.29) is 0 Å². The third-order valence-corrected chi connectivity index (χ3v) is 3.49. The lowest BCUT2D eigenvalue weighted by atomic mass is 9.86. The first-order chi connectivity index (χ1) is 7.04. The largest absolute Gasteiger partial charge is 0.242 e. The average molecular weight is 216 g/mol. The standard InChI is InChI=1S/C12H12N2S/c1-8-14-10-6-4-5-9(11(10)15-8)12(2,3)7-13/h4-6H,1-3H3. The van der Waals surface area contributed by atoms with Gasteiger partial charge < -0.3 is 0 Å². The van der Waals surface area contributed by atoms with E-state index in [0.717, 1.165) is 20.8 Å². The molecule has 76 valence electrons. The second kappa shape index (κ2) is 3.32. The van der Waals surface area contributed by atoms with Crippen LogP contribution < -0.4 is 0 Å². The lowest BCUT2D eigenvalue weighted by Gasteiger charge is -2.15. The van der Waals surface area contributed by atoms with Crippen LogP contribution >= 0.6 is 11.3 Å². The summed E-state index contributed by atoms with van der Waals surface area (Å²) in [6, 6.07) is 8.32. The van der Waals surface area contributed by atoms with Crippen molar-refractivity contribution in [1.29, 1.82) is 5.26 Å². The number of aromatic nitrogens is 1. The van der Waals surface area contributed by atoms with Gasteiger partial charge in [-0.1, -0.05) is 12.1 Å². The molecule has 0 aliphatic heterocycles. The zero-order chi connectivity index (χ0) is 11.1. The van der Waals surface area contributed by atoms with Crippen molar-refractivity contribution < 1.29 is 0 Å². The van der Waals surface area contributed by atoms with E-state index in [0.29, 0.717) is 0 Å². The van der Waals surface area contributed by atoms with Crippen LogP contribution in [-0.4, -0.2) is 4.98 Å². The fourth-order valence-corrected chi connectivity index (χ4v) is 2.70. The summed E-state index contributed by atoms with van der Waals surface area (Å²) in [4.78, 5) is 4.43. The highest BCUT2D eigenvalue weighted by Gasteiger charge is 2.23. The summed E-state index contributed by atoms with van der Waals surface area (Å²) in [5.41, 5.74) is 1.63. The van der Waals surface area contributed by atoms with E-state index >= 15 is 0 Å². The molecule has 2 aromatic rings. The molecule has 0 atom stereocenters. The van der Waals surface area contributed by atoms with Gasteiger partial charge in [-0.25, -0.2) is 4.98 Å². The summed E-state index contributed by atoms with van der Waals surface area (Å²) in [7, 11) is 0. The number of nitriles is 1. The Hall–Kier alpha value is -1.40. The molecule has 0 aliphatic carbocycles. The average Bonchev–Trinajstić information content (AvgIpc) is 2.57. The zero-order valence-electron chi connectivity index (χ0n) is 9.03. The maximum atomic E-state index is 9.15. The van der Waals surface area contributed by atoms with Crippen molar-refractivity contribution in [2.75, 3.05) is 0 Å². The SMILES string of the molecule is Cc1nc2cccc(C(C)(C)C#N)c2s1. The Kier molecular flexibility index (Phi) is 2.24. The summed E-state index contributed by atoms with van der Waals surface area (Å²) < 4.78 is 1.14. The molecule has 0 saturated carbocycles. The predicted octanol–water partition coefficient (Wildman–Crippen LogP) is 3.41. The second-order valence-corrected chi connectivity index (χ2v) is 5.33. The quantitative estimate of drug-likeness (QED) is 0.732. The van der Waals surface area contributed by atoms with Crippen molar-refractivity contribution in [2.45, 2.75) is 26.2 Å². The van der Waals surface area contributed by atoms with Gasteiger partial charge in [-0.05, 0) is 32.4 Å². The van der Waals surface area contributed by atoms with Crippen LogP contribution in [0.15, 0.2) is 18.2 Å². The van der Waals surface area contributed by atoms with Crippen LogP contribution in [0, 0.1) is 18.3 Å². The molecule has 2 nitrogen and oxygen atoms in total. The lowest BCUT2D eigenvalue weighted by molar-refractivity contribution is 0.695. The van der Waals surface area contributed by atoms with Crippen LogP contribution in [0.2, 0.25) is 0 Å². The van der Waals surface area contributed by atoms with E-state index in [4.69, 9.17) is 5.26 Å². The van der Waals surface area contributed by atoms with Crippen LogP contribution in [0.25, 0.3) is 10.2 Å². The molecule has 0 radical (unpaired) electrons. The van der Waals surface area contributed by atoms with Gasteiger partial charge in [-0.15, -0.1) is 11.3 Å². The first-order valence-electron chi connectivity index (χ1n) is 4.82. The predicted molar refractivity (Wildman–Crippen MR) is 63.0 cm³/mol. The second-order valence-electron chi connectivity index (χ2n) is 4.12. The molecular weight excluding hydrogens is 204 g/mol. The van der Waals surface area contributed by atoms with Crippen LogP contribution in [-0.2, 0) is 5.41 Å². The molecule has 0 bridgehead atoms. The van der Waals surface area contributed by atoms with Gasteiger partial charge in [0.1, 0.15) is 0 Å². The highest BCUT2D eigenvalue weighted by molar-refractivity contribution is 7.18. The molecule has 3 heteroatoms. The fraction of sp³-hybridized carbons (Fsp3) is 0.333. The first-order valence-corrected chi connectivity index (χ1v) is 5.64. The number of fused-ring (bicyclic) bond motifs is 1. The van der Waals surface area contributed by atoms with Crippen molar-refractivity contribution in [1.82, 2.24) is 4.98 Å². The molecule has 0 fully saturated rings. The number of nitrogens with zero attached hydrogens (tertiary/aromatic N) is 2. The fourth-order valence-electron chi connectivity index (χ4n) is 1.61. The summed E-state index contributed by atoms with van der Waals surface area (Å²) >= 11 is 1.66. The maximum Gasteiger partial charge on any atom is 0.0907 e. The van der Waals surface area contributed by atoms with E-state index < -0.39 is 5.41 Å². The molecule has 0 N–H and O–H groups in total. The van der Waals surface area contributed by atoms with E-state index in [9.17, 15) is 0 Å². The Morgan fingerprint density at radius 2 is 2.13 bits per heavy atom. The first kappa shape index (κ1) is 10.1. The lowest BCUT2D eigenvalue weighted by Crippen LogP contribution is -2.13. The molecule has 1 aromatic heterocycles. The molecular formula is C12H12N2S. The van der Waals surface area contributed by atoms with Crippen LogP contribution in [0.5, 0.6) is 0 Å². The van der Waals surface area contributed by atoms with Gasteiger partial charge in [-0.2, -0.15) is 5.26 Å². The summed E-state index contributed by atoms with van der Waals surface area (Å²) in [5, 5.41) is 10.2. The minimum absolute atomic E-state index is 0.446. The molecule has 15 heavy (non-hydrogen) atoms. The minimum Gasteiger partial charge on any atom is -0.242 e. The monoisotopic (exact) mass is 216 g/mol. The van der Waals surface area contributed by atoms with Crippen molar-refractivity contribution in [3.63, 3.8) is 0 Å². The van der Waals surface area contributed by atoms with Crippen LogP contribution in [0.1, 0.15) is 24.4 Å². The molecule has 2 rings (SSSR count). The highest BCUT2D eigenvalue weighted by atomic mass is 32.1. The van der Waals surface area contributed by atoms with E-state index in [1.54, 1.807) is 11.3 Å². The van der Waals surface area contributed by atoms with Crippen molar-refractivity contribution in [3.8, 4) is 6.07 Å². The van der Waals surface area contributed by atoms with Gasteiger partial charge in [0.25, 0.3) is 0 Å². The number of hydrogen-bond acceptors (Lipinski definition) is 3. The highest BCUT2D eigenvalue weighted by Crippen LogP contribution is 2.33. The van der Waals surface area contributed by atoms with Gasteiger partial charge in [0, 0.05) is 0 Å². The smallest absolute Gasteiger partial charge is 0.0907 e.